The maximum Gasteiger partial charge on any atom is 0.227 e. The molecule has 0 aliphatic carbocycles. The van der Waals surface area contributed by atoms with Crippen LogP contribution in [0, 0.1) is 0 Å². The lowest BCUT2D eigenvalue weighted by Gasteiger charge is -2.11. The molecular weight excluding hydrogens is 364 g/mol. The first kappa shape index (κ1) is 20.3. The Balaban J connectivity index is 2.20. The molecule has 0 aliphatic heterocycles. The van der Waals surface area contributed by atoms with Crippen molar-refractivity contribution in [2.45, 2.75) is 5.75 Å². The molecule has 27 heavy (non-hydrogen) atoms. The highest BCUT2D eigenvalue weighted by atomic mass is 32.2. The fourth-order valence-corrected chi connectivity index (χ4v) is 3.00. The Hall–Kier alpha value is -2.97. The number of hydrogen-bond acceptors (Lipinski definition) is 6. The molecular formula is C19H22N4O3S. The maximum atomic E-state index is 11.6. The second-order valence-electron chi connectivity index (χ2n) is 5.49. The summed E-state index contributed by atoms with van der Waals surface area (Å²) in [6.07, 6.45) is 5.01. The van der Waals surface area contributed by atoms with Gasteiger partial charge in [-0.3, -0.25) is 0 Å². The maximum absolute atomic E-state index is 11.6. The van der Waals surface area contributed by atoms with E-state index < -0.39 is 10.0 Å². The Bertz CT molecular complexity index is 951. The number of benzene rings is 1. The van der Waals surface area contributed by atoms with Crippen molar-refractivity contribution in [3.05, 3.63) is 78.9 Å². The van der Waals surface area contributed by atoms with Gasteiger partial charge in [-0.25, -0.2) is 23.1 Å². The Morgan fingerprint density at radius 1 is 1.26 bits per heavy atom. The van der Waals surface area contributed by atoms with Crippen molar-refractivity contribution in [2.24, 2.45) is 0 Å². The van der Waals surface area contributed by atoms with E-state index >= 15 is 0 Å². The number of anilines is 2. The van der Waals surface area contributed by atoms with Crippen LogP contribution in [-0.2, 0) is 20.5 Å². The average Bonchev–Trinajstić information content (AvgIpc) is 2.67. The first-order valence-electron chi connectivity index (χ1n) is 8.05. The molecule has 0 unspecified atom stereocenters. The van der Waals surface area contributed by atoms with Crippen LogP contribution in [-0.4, -0.2) is 32.5 Å². The summed E-state index contributed by atoms with van der Waals surface area (Å²) in [5.41, 5.74) is 2.75. The average molecular weight is 386 g/mol. The number of hydrogen-bond donors (Lipinski definition) is 2. The third-order valence-corrected chi connectivity index (χ3v) is 4.98. The van der Waals surface area contributed by atoms with E-state index in [4.69, 9.17) is 4.74 Å². The molecule has 2 aromatic rings. The van der Waals surface area contributed by atoms with Crippen LogP contribution < -0.4 is 10.0 Å². The molecule has 2 N–H and O–H groups in total. The van der Waals surface area contributed by atoms with Gasteiger partial charge in [-0.15, -0.1) is 0 Å². The van der Waals surface area contributed by atoms with Gasteiger partial charge < -0.3 is 10.1 Å². The normalized spacial score (nSPS) is 11.7. The summed E-state index contributed by atoms with van der Waals surface area (Å²) in [4.78, 5) is 8.67. The molecule has 0 saturated heterocycles. The summed E-state index contributed by atoms with van der Waals surface area (Å²) in [7, 11) is -0.376. The van der Waals surface area contributed by atoms with Crippen molar-refractivity contribution in [1.29, 1.82) is 0 Å². The third kappa shape index (κ3) is 5.77. The molecule has 1 aromatic heterocycles. The number of ether oxygens (including phenoxy) is 1. The number of methoxy groups -OCH3 is 1. The minimum Gasteiger partial charge on any atom is -0.497 e. The van der Waals surface area contributed by atoms with E-state index in [1.54, 1.807) is 48.7 Å². The minimum absolute atomic E-state index is 0.0788. The van der Waals surface area contributed by atoms with Crippen molar-refractivity contribution in [1.82, 2.24) is 14.7 Å². The predicted octanol–water partition coefficient (Wildman–Crippen LogP) is 3.00. The standard InChI is InChI=1S/C19H22N4O3S/c1-5-6-17(14(2)26-4)18-11-12-21-19(23-18)22-16-9-7-15(8-10-16)13-27(24,25)20-3/h5-12,20H,1-2,13H2,3-4H3,(H,21,22,23)/b17-6+. The van der Waals surface area contributed by atoms with Crippen molar-refractivity contribution in [3.8, 4) is 0 Å². The van der Waals surface area contributed by atoms with Crippen molar-refractivity contribution in [3.63, 3.8) is 0 Å². The summed E-state index contributed by atoms with van der Waals surface area (Å²) < 4.78 is 30.7. The third-order valence-electron chi connectivity index (χ3n) is 3.64. The second kappa shape index (κ2) is 9.11. The molecule has 1 heterocycles. The highest BCUT2D eigenvalue weighted by molar-refractivity contribution is 7.88. The number of nitrogens with zero attached hydrogens (tertiary/aromatic N) is 2. The lowest BCUT2D eigenvalue weighted by atomic mass is 10.1. The number of aromatic nitrogens is 2. The smallest absolute Gasteiger partial charge is 0.227 e. The highest BCUT2D eigenvalue weighted by Gasteiger charge is 2.10. The Labute approximate surface area is 159 Å². The first-order valence-corrected chi connectivity index (χ1v) is 9.70. The lowest BCUT2D eigenvalue weighted by molar-refractivity contribution is 0.312. The molecule has 0 amide bonds. The SMILES string of the molecule is C=C/C=C(\C(=C)OC)c1ccnc(Nc2ccc(CS(=O)(=O)NC)cc2)n1. The van der Waals surface area contributed by atoms with Crippen LogP contribution in [0.15, 0.2) is 67.6 Å². The quantitative estimate of drug-likeness (QED) is 0.508. The summed E-state index contributed by atoms with van der Waals surface area (Å²) in [5, 5.41) is 3.09. The Morgan fingerprint density at radius 3 is 2.56 bits per heavy atom. The Kier molecular flexibility index (Phi) is 6.86. The zero-order valence-corrected chi connectivity index (χ0v) is 16.1. The van der Waals surface area contributed by atoms with E-state index in [1.807, 2.05) is 0 Å². The number of rotatable bonds is 9. The zero-order valence-electron chi connectivity index (χ0n) is 15.3. The molecule has 8 heteroatoms. The summed E-state index contributed by atoms with van der Waals surface area (Å²) in [5.74, 6) is 0.779. The Morgan fingerprint density at radius 2 is 1.96 bits per heavy atom. The summed E-state index contributed by atoms with van der Waals surface area (Å²) in [6, 6.07) is 8.75. The van der Waals surface area contributed by atoms with Crippen LogP contribution >= 0.6 is 0 Å². The van der Waals surface area contributed by atoms with Gasteiger partial charge in [0, 0.05) is 17.5 Å². The van der Waals surface area contributed by atoms with Gasteiger partial charge in [0.15, 0.2) is 0 Å². The van der Waals surface area contributed by atoms with Gasteiger partial charge in [-0.2, -0.15) is 0 Å². The van der Waals surface area contributed by atoms with Crippen molar-refractivity contribution >= 4 is 27.2 Å². The van der Waals surface area contributed by atoms with E-state index in [1.165, 1.54) is 14.2 Å². The fraction of sp³-hybridized carbons (Fsp3) is 0.158. The summed E-state index contributed by atoms with van der Waals surface area (Å²) in [6.45, 7) is 7.55. The molecule has 0 radical (unpaired) electrons. The molecule has 0 fully saturated rings. The van der Waals surface area contributed by atoms with Crippen LogP contribution in [0.5, 0.6) is 0 Å². The molecule has 0 bridgehead atoms. The minimum atomic E-state index is -3.31. The van der Waals surface area contributed by atoms with Crippen LogP contribution in [0.1, 0.15) is 11.3 Å². The van der Waals surface area contributed by atoms with Gasteiger partial charge >= 0.3 is 0 Å². The summed E-state index contributed by atoms with van der Waals surface area (Å²) >= 11 is 0. The second-order valence-corrected chi connectivity index (χ2v) is 7.42. The van der Waals surface area contributed by atoms with Gasteiger partial charge in [0.2, 0.25) is 16.0 Å². The van der Waals surface area contributed by atoms with Crippen molar-refractivity contribution < 1.29 is 13.2 Å². The predicted molar refractivity (Wildman–Crippen MR) is 108 cm³/mol. The molecule has 142 valence electrons. The first-order chi connectivity index (χ1) is 12.9. The van der Waals surface area contributed by atoms with E-state index in [9.17, 15) is 8.42 Å². The number of nitrogens with one attached hydrogen (secondary N) is 2. The lowest BCUT2D eigenvalue weighted by Crippen LogP contribution is -2.20. The topological polar surface area (TPSA) is 93.2 Å². The number of sulfonamides is 1. The van der Waals surface area contributed by atoms with Crippen LogP contribution in [0.25, 0.3) is 5.57 Å². The molecule has 7 nitrogen and oxygen atoms in total. The van der Waals surface area contributed by atoms with E-state index in [0.29, 0.717) is 28.5 Å². The van der Waals surface area contributed by atoms with Gasteiger partial charge in [-0.1, -0.05) is 31.4 Å². The molecule has 2 rings (SSSR count). The zero-order chi connectivity index (χ0) is 19.9. The van der Waals surface area contributed by atoms with Gasteiger partial charge in [0.1, 0.15) is 5.76 Å². The molecule has 0 atom stereocenters. The van der Waals surface area contributed by atoms with E-state index in [2.05, 4.69) is 33.2 Å². The molecule has 0 spiro atoms. The molecule has 0 saturated carbocycles. The van der Waals surface area contributed by atoms with Crippen molar-refractivity contribution in [2.75, 3.05) is 19.5 Å². The van der Waals surface area contributed by atoms with Crippen LogP contribution in [0.3, 0.4) is 0 Å². The van der Waals surface area contributed by atoms with Gasteiger partial charge in [-0.05, 0) is 36.9 Å². The van der Waals surface area contributed by atoms with Gasteiger partial charge in [0.25, 0.3) is 0 Å². The molecule has 1 aromatic carbocycles. The monoisotopic (exact) mass is 386 g/mol. The van der Waals surface area contributed by atoms with E-state index in [0.717, 1.165) is 5.69 Å². The molecule has 0 aliphatic rings. The largest absolute Gasteiger partial charge is 0.497 e. The fourth-order valence-electron chi connectivity index (χ4n) is 2.22. The van der Waals surface area contributed by atoms with Gasteiger partial charge in [0.05, 0.1) is 18.6 Å². The van der Waals surface area contributed by atoms with E-state index in [-0.39, 0.29) is 5.75 Å². The van der Waals surface area contributed by atoms with Crippen LogP contribution in [0.4, 0.5) is 11.6 Å². The van der Waals surface area contributed by atoms with Crippen LogP contribution in [0.2, 0.25) is 0 Å². The highest BCUT2D eigenvalue weighted by Crippen LogP contribution is 2.22. The number of allylic oxidation sites excluding steroid dienone is 3.